The molecule has 15 heavy (non-hydrogen) atoms. The summed E-state index contributed by atoms with van der Waals surface area (Å²) in [4.78, 5) is 5.35. The van der Waals surface area contributed by atoms with Crippen LogP contribution in [-0.4, -0.2) is 10.7 Å². The molecule has 0 radical (unpaired) electrons. The Hall–Kier alpha value is -1.28. The van der Waals surface area contributed by atoms with Gasteiger partial charge in [0.05, 0.1) is 0 Å². The van der Waals surface area contributed by atoms with Gasteiger partial charge in [-0.2, -0.15) is 0 Å². The highest BCUT2D eigenvalue weighted by atomic mass is 32.2. The quantitative estimate of drug-likeness (QED) is 0.721. The Bertz CT molecular complexity index is 426. The molecule has 1 nitrogen and oxygen atoms in total. The molecule has 0 N–H and O–H groups in total. The van der Waals surface area contributed by atoms with E-state index in [4.69, 9.17) is 0 Å². The lowest BCUT2D eigenvalue weighted by atomic mass is 10.1. The summed E-state index contributed by atoms with van der Waals surface area (Å²) in [6.45, 7) is 2.17. The van der Waals surface area contributed by atoms with Gasteiger partial charge >= 0.3 is 0 Å². The molecule has 2 rings (SSSR count). The number of benzene rings is 1. The molecule has 0 aliphatic carbocycles. The van der Waals surface area contributed by atoms with Crippen LogP contribution in [0.4, 0.5) is 0 Å². The second-order valence-corrected chi connectivity index (χ2v) is 4.53. The van der Waals surface area contributed by atoms with E-state index in [0.29, 0.717) is 0 Å². The smallest absolute Gasteiger partial charge is 0.0273 e. The number of rotatable bonds is 3. The third-order valence-electron chi connectivity index (χ3n) is 2.16. The molecule has 0 saturated carbocycles. The molecule has 0 saturated heterocycles. The van der Waals surface area contributed by atoms with Crippen LogP contribution < -0.4 is 0 Å². The predicted octanol–water partition coefficient (Wildman–Crippen LogP) is 3.86. The molecule has 0 fully saturated rings. The standard InChI is InChI=1S/C13H13NS/c1-2-15-13-5-3-4-12(10-13)11-6-8-14-9-7-11/h3-10H,2H2,1H3. The maximum absolute atomic E-state index is 4.02. The van der Waals surface area contributed by atoms with Crippen LogP contribution in [0.15, 0.2) is 53.7 Å². The Morgan fingerprint density at radius 2 is 1.87 bits per heavy atom. The number of hydrogen-bond acceptors (Lipinski definition) is 2. The first-order chi connectivity index (χ1) is 7.40. The molecule has 1 aromatic heterocycles. The van der Waals surface area contributed by atoms with Gasteiger partial charge in [-0.3, -0.25) is 4.98 Å². The Morgan fingerprint density at radius 3 is 2.60 bits per heavy atom. The largest absolute Gasteiger partial charge is 0.265 e. The van der Waals surface area contributed by atoms with Gasteiger partial charge in [-0.1, -0.05) is 19.1 Å². The lowest BCUT2D eigenvalue weighted by Crippen LogP contribution is -1.79. The highest BCUT2D eigenvalue weighted by Gasteiger charge is 1.98. The van der Waals surface area contributed by atoms with Crippen molar-refractivity contribution in [2.24, 2.45) is 0 Å². The first kappa shape index (κ1) is 10.2. The average molecular weight is 215 g/mol. The molecule has 0 atom stereocenters. The number of nitrogens with zero attached hydrogens (tertiary/aromatic N) is 1. The third kappa shape index (κ3) is 2.60. The van der Waals surface area contributed by atoms with Crippen LogP contribution in [0.2, 0.25) is 0 Å². The minimum absolute atomic E-state index is 1.11. The van der Waals surface area contributed by atoms with Crippen molar-refractivity contribution < 1.29 is 0 Å². The Morgan fingerprint density at radius 1 is 1.07 bits per heavy atom. The van der Waals surface area contributed by atoms with Gasteiger partial charge in [0, 0.05) is 17.3 Å². The molecule has 0 amide bonds. The van der Waals surface area contributed by atoms with Crippen LogP contribution in [-0.2, 0) is 0 Å². The molecule has 2 heteroatoms. The first-order valence-corrected chi connectivity index (χ1v) is 6.02. The van der Waals surface area contributed by atoms with Gasteiger partial charge < -0.3 is 0 Å². The van der Waals surface area contributed by atoms with Crippen LogP contribution in [0.25, 0.3) is 11.1 Å². The second kappa shape index (κ2) is 4.99. The van der Waals surface area contributed by atoms with Crippen LogP contribution in [0.3, 0.4) is 0 Å². The van der Waals surface area contributed by atoms with Gasteiger partial charge in [0.2, 0.25) is 0 Å². The Balaban J connectivity index is 2.33. The monoisotopic (exact) mass is 215 g/mol. The van der Waals surface area contributed by atoms with Crippen molar-refractivity contribution in [3.63, 3.8) is 0 Å². The predicted molar refractivity (Wildman–Crippen MR) is 66.1 cm³/mol. The summed E-state index contributed by atoms with van der Waals surface area (Å²) in [5.41, 5.74) is 2.49. The van der Waals surface area contributed by atoms with Crippen LogP contribution in [0.1, 0.15) is 6.92 Å². The van der Waals surface area contributed by atoms with Gasteiger partial charge in [0.25, 0.3) is 0 Å². The van der Waals surface area contributed by atoms with Crippen LogP contribution in [0.5, 0.6) is 0 Å². The van der Waals surface area contributed by atoms with Crippen molar-refractivity contribution in [2.45, 2.75) is 11.8 Å². The van der Waals surface area contributed by atoms with Crippen molar-refractivity contribution in [3.8, 4) is 11.1 Å². The van der Waals surface area contributed by atoms with E-state index < -0.39 is 0 Å². The SMILES string of the molecule is CCSc1cccc(-c2ccncc2)c1. The highest BCUT2D eigenvalue weighted by Crippen LogP contribution is 2.24. The number of aromatic nitrogens is 1. The van der Waals surface area contributed by atoms with E-state index in [1.54, 1.807) is 0 Å². The van der Waals surface area contributed by atoms with Crippen molar-refractivity contribution in [1.82, 2.24) is 4.98 Å². The molecule has 0 bridgehead atoms. The van der Waals surface area contributed by atoms with Crippen molar-refractivity contribution in [2.75, 3.05) is 5.75 Å². The normalized spacial score (nSPS) is 10.2. The highest BCUT2D eigenvalue weighted by molar-refractivity contribution is 7.99. The minimum Gasteiger partial charge on any atom is -0.265 e. The van der Waals surface area contributed by atoms with Crippen LogP contribution in [0, 0.1) is 0 Å². The lowest BCUT2D eigenvalue weighted by molar-refractivity contribution is 1.32. The molecule has 0 aliphatic rings. The van der Waals surface area contributed by atoms with Gasteiger partial charge in [-0.05, 0) is 41.1 Å². The average Bonchev–Trinajstić information content (AvgIpc) is 2.31. The summed E-state index contributed by atoms with van der Waals surface area (Å²) < 4.78 is 0. The second-order valence-electron chi connectivity index (χ2n) is 3.20. The number of thioether (sulfide) groups is 1. The zero-order chi connectivity index (χ0) is 10.5. The van der Waals surface area contributed by atoms with Crippen molar-refractivity contribution in [1.29, 1.82) is 0 Å². The van der Waals surface area contributed by atoms with Gasteiger partial charge in [-0.25, -0.2) is 0 Å². The molecule has 0 spiro atoms. The summed E-state index contributed by atoms with van der Waals surface area (Å²) in [7, 11) is 0. The number of pyridine rings is 1. The lowest BCUT2D eigenvalue weighted by Gasteiger charge is -2.03. The number of hydrogen-bond donors (Lipinski definition) is 0. The summed E-state index contributed by atoms with van der Waals surface area (Å²) in [5, 5.41) is 0. The Labute approximate surface area is 94.6 Å². The van der Waals surface area contributed by atoms with E-state index in [2.05, 4.69) is 36.2 Å². The summed E-state index contributed by atoms with van der Waals surface area (Å²) in [5.74, 6) is 1.11. The van der Waals surface area contributed by atoms with E-state index in [-0.39, 0.29) is 0 Å². The molecular weight excluding hydrogens is 202 g/mol. The van der Waals surface area contributed by atoms with Gasteiger partial charge in [0.15, 0.2) is 0 Å². The fourth-order valence-corrected chi connectivity index (χ4v) is 2.19. The van der Waals surface area contributed by atoms with Crippen molar-refractivity contribution >= 4 is 11.8 Å². The minimum atomic E-state index is 1.11. The van der Waals surface area contributed by atoms with Gasteiger partial charge in [-0.15, -0.1) is 11.8 Å². The molecule has 1 aromatic carbocycles. The zero-order valence-electron chi connectivity index (χ0n) is 8.68. The fraction of sp³-hybridized carbons (Fsp3) is 0.154. The fourth-order valence-electron chi connectivity index (χ4n) is 1.48. The van der Waals surface area contributed by atoms with E-state index >= 15 is 0 Å². The third-order valence-corrected chi connectivity index (χ3v) is 3.03. The maximum atomic E-state index is 4.02. The molecular formula is C13H13NS. The molecule has 76 valence electrons. The van der Waals surface area contributed by atoms with Gasteiger partial charge in [0.1, 0.15) is 0 Å². The first-order valence-electron chi connectivity index (χ1n) is 5.03. The van der Waals surface area contributed by atoms with E-state index in [0.717, 1.165) is 5.75 Å². The molecule has 2 aromatic rings. The van der Waals surface area contributed by atoms with E-state index in [1.165, 1.54) is 16.0 Å². The summed E-state index contributed by atoms with van der Waals surface area (Å²) in [6.07, 6.45) is 3.66. The summed E-state index contributed by atoms with van der Waals surface area (Å²) >= 11 is 1.87. The topological polar surface area (TPSA) is 12.9 Å². The van der Waals surface area contributed by atoms with Crippen molar-refractivity contribution in [3.05, 3.63) is 48.8 Å². The summed E-state index contributed by atoms with van der Waals surface area (Å²) in [6, 6.07) is 12.7. The van der Waals surface area contributed by atoms with E-state index in [1.807, 2.05) is 36.3 Å². The zero-order valence-corrected chi connectivity index (χ0v) is 9.50. The van der Waals surface area contributed by atoms with E-state index in [9.17, 15) is 0 Å². The molecule has 1 heterocycles. The molecule has 0 unspecified atom stereocenters. The molecule has 0 aliphatic heterocycles. The van der Waals surface area contributed by atoms with Crippen LogP contribution >= 0.6 is 11.8 Å². The Kier molecular flexibility index (Phi) is 3.41. The maximum Gasteiger partial charge on any atom is 0.0273 e.